The van der Waals surface area contributed by atoms with Gasteiger partial charge in [-0.15, -0.1) is 0 Å². The first-order valence-corrected chi connectivity index (χ1v) is 8.15. The van der Waals surface area contributed by atoms with E-state index >= 15 is 0 Å². The van der Waals surface area contributed by atoms with Gasteiger partial charge in [0, 0.05) is 17.3 Å². The molecule has 3 N–H and O–H groups in total. The average molecular weight is 363 g/mol. The van der Waals surface area contributed by atoms with Gasteiger partial charge >= 0.3 is 6.03 Å². The van der Waals surface area contributed by atoms with Gasteiger partial charge in [-0.25, -0.2) is 4.79 Å². The van der Waals surface area contributed by atoms with Gasteiger partial charge in [0.05, 0.1) is 11.0 Å². The Labute approximate surface area is 155 Å². The second kappa shape index (κ2) is 8.01. The van der Waals surface area contributed by atoms with Crippen LogP contribution in [-0.4, -0.2) is 11.0 Å². The lowest BCUT2D eigenvalue weighted by atomic mass is 10.0. The van der Waals surface area contributed by atoms with E-state index in [2.05, 4.69) is 5.32 Å². The monoisotopic (exact) mass is 363 g/mol. The summed E-state index contributed by atoms with van der Waals surface area (Å²) in [5, 5.41) is 13.6. The fourth-order valence-electron chi connectivity index (χ4n) is 2.59. The van der Waals surface area contributed by atoms with E-state index in [9.17, 15) is 14.9 Å². The van der Waals surface area contributed by atoms with Crippen LogP contribution in [0.1, 0.15) is 5.56 Å². The first kappa shape index (κ1) is 17.9. The van der Waals surface area contributed by atoms with Gasteiger partial charge in [-0.3, -0.25) is 10.1 Å². The molecule has 3 aromatic carbocycles. The highest BCUT2D eigenvalue weighted by Gasteiger charge is 2.14. The summed E-state index contributed by atoms with van der Waals surface area (Å²) < 4.78 is 5.87. The van der Waals surface area contributed by atoms with Crippen molar-refractivity contribution in [1.29, 1.82) is 0 Å². The van der Waals surface area contributed by atoms with Gasteiger partial charge in [0.2, 0.25) is 0 Å². The SMILES string of the molecule is NC(=O)Nc1ccc(-c2ccc([N+](=O)[O-])cc2OCc2ccccc2)cc1. The topological polar surface area (TPSA) is 107 Å². The van der Waals surface area contributed by atoms with Gasteiger partial charge in [-0.05, 0) is 29.3 Å². The summed E-state index contributed by atoms with van der Waals surface area (Å²) in [6.45, 7) is 0.288. The number of carbonyl (C=O) groups excluding carboxylic acids is 1. The average Bonchev–Trinajstić information content (AvgIpc) is 2.67. The molecule has 0 aliphatic carbocycles. The Balaban J connectivity index is 1.91. The van der Waals surface area contributed by atoms with Crippen LogP contribution >= 0.6 is 0 Å². The van der Waals surface area contributed by atoms with Crippen LogP contribution in [0.25, 0.3) is 11.1 Å². The lowest BCUT2D eigenvalue weighted by Crippen LogP contribution is -2.19. The number of benzene rings is 3. The van der Waals surface area contributed by atoms with Gasteiger partial charge in [-0.2, -0.15) is 0 Å². The van der Waals surface area contributed by atoms with Crippen molar-refractivity contribution in [3.63, 3.8) is 0 Å². The molecule has 0 saturated heterocycles. The van der Waals surface area contributed by atoms with Gasteiger partial charge in [0.25, 0.3) is 5.69 Å². The van der Waals surface area contributed by atoms with Crippen molar-refractivity contribution in [2.24, 2.45) is 5.73 Å². The van der Waals surface area contributed by atoms with Crippen molar-refractivity contribution in [2.45, 2.75) is 6.61 Å². The fourth-order valence-corrected chi connectivity index (χ4v) is 2.59. The van der Waals surface area contributed by atoms with Crippen LogP contribution in [-0.2, 0) is 6.61 Å². The molecule has 0 spiro atoms. The minimum absolute atomic E-state index is 0.0474. The third-order valence-electron chi connectivity index (χ3n) is 3.88. The maximum absolute atomic E-state index is 11.1. The number of nitrogens with two attached hydrogens (primary N) is 1. The molecule has 3 aromatic rings. The molecule has 0 saturated carbocycles. The molecule has 0 fully saturated rings. The number of hydrogen-bond donors (Lipinski definition) is 2. The standard InChI is InChI=1S/C20H17N3O4/c21-20(24)22-16-8-6-15(7-9-16)18-11-10-17(23(25)26)12-19(18)27-13-14-4-2-1-3-5-14/h1-12H,13H2,(H3,21,22,24). The summed E-state index contributed by atoms with van der Waals surface area (Å²) in [7, 11) is 0. The van der Waals surface area contributed by atoms with Crippen molar-refractivity contribution in [1.82, 2.24) is 0 Å². The van der Waals surface area contributed by atoms with Crippen LogP contribution in [0.5, 0.6) is 5.75 Å². The van der Waals surface area contributed by atoms with E-state index in [1.807, 2.05) is 30.3 Å². The van der Waals surface area contributed by atoms with Crippen molar-refractivity contribution in [3.8, 4) is 16.9 Å². The predicted molar refractivity (Wildman–Crippen MR) is 103 cm³/mol. The van der Waals surface area contributed by atoms with E-state index < -0.39 is 11.0 Å². The van der Waals surface area contributed by atoms with Crippen LogP contribution in [0.2, 0.25) is 0 Å². The quantitative estimate of drug-likeness (QED) is 0.502. The first-order valence-electron chi connectivity index (χ1n) is 8.15. The zero-order valence-corrected chi connectivity index (χ0v) is 14.3. The highest BCUT2D eigenvalue weighted by atomic mass is 16.6. The van der Waals surface area contributed by atoms with Crippen LogP contribution < -0.4 is 15.8 Å². The lowest BCUT2D eigenvalue weighted by Gasteiger charge is -2.12. The van der Waals surface area contributed by atoms with E-state index in [1.165, 1.54) is 12.1 Å². The maximum Gasteiger partial charge on any atom is 0.316 e. The molecule has 0 aliphatic rings. The second-order valence-corrected chi connectivity index (χ2v) is 5.78. The number of urea groups is 1. The van der Waals surface area contributed by atoms with Crippen LogP contribution in [0, 0.1) is 10.1 Å². The third kappa shape index (κ3) is 4.60. The minimum atomic E-state index is -0.648. The number of hydrogen-bond acceptors (Lipinski definition) is 4. The van der Waals surface area contributed by atoms with E-state index in [0.717, 1.165) is 11.1 Å². The molecule has 0 bridgehead atoms. The summed E-state index contributed by atoms with van der Waals surface area (Å²) in [6, 6.07) is 20.3. The van der Waals surface area contributed by atoms with E-state index in [0.29, 0.717) is 17.0 Å². The molecule has 0 atom stereocenters. The van der Waals surface area contributed by atoms with Gasteiger partial charge < -0.3 is 15.8 Å². The Morgan fingerprint density at radius 2 is 1.74 bits per heavy atom. The molecule has 2 amide bonds. The van der Waals surface area contributed by atoms with Crippen LogP contribution in [0.4, 0.5) is 16.2 Å². The Morgan fingerprint density at radius 3 is 2.37 bits per heavy atom. The molecule has 136 valence electrons. The molecule has 0 aromatic heterocycles. The summed E-state index contributed by atoms with van der Waals surface area (Å²) in [4.78, 5) is 21.6. The number of nitrogens with zero attached hydrogens (tertiary/aromatic N) is 1. The molecular formula is C20H17N3O4. The first-order chi connectivity index (χ1) is 13.0. The largest absolute Gasteiger partial charge is 0.488 e. The molecule has 0 unspecified atom stereocenters. The Kier molecular flexibility index (Phi) is 5.32. The van der Waals surface area contributed by atoms with Gasteiger partial charge in [-0.1, -0.05) is 42.5 Å². The minimum Gasteiger partial charge on any atom is -0.488 e. The smallest absolute Gasteiger partial charge is 0.316 e. The number of primary amides is 1. The number of ether oxygens (including phenoxy) is 1. The Bertz CT molecular complexity index is 957. The fraction of sp³-hybridized carbons (Fsp3) is 0.0500. The highest BCUT2D eigenvalue weighted by Crippen LogP contribution is 2.34. The Morgan fingerprint density at radius 1 is 1.04 bits per heavy atom. The summed E-state index contributed by atoms with van der Waals surface area (Å²) >= 11 is 0. The van der Waals surface area contributed by atoms with Crippen LogP contribution in [0.15, 0.2) is 72.8 Å². The molecule has 0 aliphatic heterocycles. The number of nitrogens with one attached hydrogen (secondary N) is 1. The number of anilines is 1. The summed E-state index contributed by atoms with van der Waals surface area (Å²) in [5.41, 5.74) is 8.07. The van der Waals surface area contributed by atoms with E-state index in [1.54, 1.807) is 30.3 Å². The van der Waals surface area contributed by atoms with Crippen molar-refractivity contribution in [2.75, 3.05) is 5.32 Å². The number of non-ortho nitro benzene ring substituents is 1. The Hall–Kier alpha value is -3.87. The third-order valence-corrected chi connectivity index (χ3v) is 3.88. The molecule has 27 heavy (non-hydrogen) atoms. The lowest BCUT2D eigenvalue weighted by molar-refractivity contribution is -0.384. The molecule has 7 heteroatoms. The van der Waals surface area contributed by atoms with Crippen molar-refractivity contribution in [3.05, 3.63) is 88.5 Å². The van der Waals surface area contributed by atoms with E-state index in [-0.39, 0.29) is 12.3 Å². The number of rotatable bonds is 6. The number of carbonyl (C=O) groups is 1. The van der Waals surface area contributed by atoms with E-state index in [4.69, 9.17) is 10.5 Å². The van der Waals surface area contributed by atoms with Gasteiger partial charge in [0.1, 0.15) is 12.4 Å². The van der Waals surface area contributed by atoms with Crippen molar-refractivity contribution < 1.29 is 14.5 Å². The zero-order valence-electron chi connectivity index (χ0n) is 14.3. The predicted octanol–water partition coefficient (Wildman–Crippen LogP) is 4.33. The summed E-state index contributed by atoms with van der Waals surface area (Å²) in [5.74, 6) is 0.406. The highest BCUT2D eigenvalue weighted by molar-refractivity contribution is 5.88. The molecule has 0 radical (unpaired) electrons. The molecule has 0 heterocycles. The van der Waals surface area contributed by atoms with Gasteiger partial charge in [0.15, 0.2) is 0 Å². The zero-order chi connectivity index (χ0) is 19.2. The second-order valence-electron chi connectivity index (χ2n) is 5.78. The molecular weight excluding hydrogens is 346 g/mol. The number of amides is 2. The molecule has 7 nitrogen and oxygen atoms in total. The molecule has 3 rings (SSSR count). The number of nitro groups is 1. The van der Waals surface area contributed by atoms with Crippen molar-refractivity contribution >= 4 is 17.4 Å². The van der Waals surface area contributed by atoms with Crippen LogP contribution in [0.3, 0.4) is 0 Å². The normalized spacial score (nSPS) is 10.2. The maximum atomic E-state index is 11.1. The number of nitro benzene ring substituents is 1. The summed E-state index contributed by atoms with van der Waals surface area (Å²) in [6.07, 6.45) is 0.